The Morgan fingerprint density at radius 2 is 1.02 bits per heavy atom. The fourth-order valence-electron chi connectivity index (χ4n) is 9.40. The molecule has 0 spiro atoms. The maximum absolute atomic E-state index is 6.57. The maximum Gasteiger partial charge on any atom is 0.333 e. The van der Waals surface area contributed by atoms with Crippen molar-refractivity contribution >= 4 is 57.2 Å². The fourth-order valence-corrected chi connectivity index (χ4v) is 9.40. The molecule has 8 aromatic rings. The average molecular weight is 781 g/mol. The molecule has 0 amide bonds. The van der Waals surface area contributed by atoms with Crippen LogP contribution in [0.4, 0.5) is 28.4 Å². The van der Waals surface area contributed by atoms with E-state index in [-0.39, 0.29) is 23.1 Å². The minimum atomic E-state index is -0.121. The number of rotatable bonds is 4. The topological polar surface area (TPSA) is 19.6 Å². The molecule has 0 aliphatic carbocycles. The van der Waals surface area contributed by atoms with Crippen LogP contribution in [0.2, 0.25) is 0 Å². The van der Waals surface area contributed by atoms with E-state index in [0.717, 1.165) is 16.7 Å². The third kappa shape index (κ3) is 6.27. The van der Waals surface area contributed by atoms with Gasteiger partial charge in [-0.1, -0.05) is 153 Å². The summed E-state index contributed by atoms with van der Waals surface area (Å²) in [5.41, 5.74) is 20.3. The third-order valence-corrected chi connectivity index (χ3v) is 12.8. The zero-order valence-electron chi connectivity index (χ0n) is 36.4. The van der Waals surface area contributed by atoms with Crippen LogP contribution in [0.1, 0.15) is 79.0 Å². The molecule has 0 unspecified atom stereocenters. The molecule has 296 valence electrons. The monoisotopic (exact) mass is 780 g/mol. The molecular formula is C56H53BN2O. The van der Waals surface area contributed by atoms with Crippen molar-refractivity contribution in [1.29, 1.82) is 0 Å². The Morgan fingerprint density at radius 1 is 0.450 bits per heavy atom. The van der Waals surface area contributed by atoms with Gasteiger partial charge in [0.15, 0.2) is 0 Å². The van der Waals surface area contributed by atoms with Crippen molar-refractivity contribution in [3.8, 4) is 33.4 Å². The average Bonchev–Trinajstić information content (AvgIpc) is 3.71. The number of furan rings is 1. The van der Waals surface area contributed by atoms with Crippen LogP contribution in [0.5, 0.6) is 0 Å². The normalized spacial score (nSPS) is 13.7. The highest BCUT2D eigenvalue weighted by Crippen LogP contribution is 2.51. The third-order valence-electron chi connectivity index (χ3n) is 12.8. The first-order valence-electron chi connectivity index (χ1n) is 21.4. The van der Waals surface area contributed by atoms with E-state index < -0.39 is 0 Å². The van der Waals surface area contributed by atoms with Gasteiger partial charge in [0, 0.05) is 45.0 Å². The van der Waals surface area contributed by atoms with E-state index in [4.69, 9.17) is 4.42 Å². The van der Waals surface area contributed by atoms with Gasteiger partial charge < -0.3 is 14.1 Å². The molecule has 0 radical (unpaired) electrons. The van der Waals surface area contributed by atoms with Gasteiger partial charge in [-0.3, -0.25) is 0 Å². The molecule has 0 saturated heterocycles. The second-order valence-corrected chi connectivity index (χ2v) is 19.9. The predicted molar refractivity (Wildman–Crippen MR) is 257 cm³/mol. The minimum Gasteiger partial charge on any atom is -0.464 e. The minimum absolute atomic E-state index is 0.0405. The number of hydrogen-bond donors (Lipinski definition) is 0. The van der Waals surface area contributed by atoms with E-state index in [0.29, 0.717) is 0 Å². The van der Waals surface area contributed by atoms with Crippen LogP contribution in [0.15, 0.2) is 162 Å². The fraction of sp³-hybridized carbons (Fsp3) is 0.214. The molecule has 0 bridgehead atoms. The van der Waals surface area contributed by atoms with Gasteiger partial charge in [0.2, 0.25) is 0 Å². The van der Waals surface area contributed by atoms with Crippen LogP contribution < -0.4 is 20.6 Å². The summed E-state index contributed by atoms with van der Waals surface area (Å²) >= 11 is 0. The van der Waals surface area contributed by atoms with Gasteiger partial charge in [-0.2, -0.15) is 0 Å². The number of hydrogen-bond acceptors (Lipinski definition) is 3. The van der Waals surface area contributed by atoms with E-state index in [1.54, 1.807) is 0 Å². The van der Waals surface area contributed by atoms with E-state index in [1.165, 1.54) is 83.7 Å². The second-order valence-electron chi connectivity index (χ2n) is 19.9. The summed E-state index contributed by atoms with van der Waals surface area (Å²) in [5.74, 6) is 0. The summed E-state index contributed by atoms with van der Waals surface area (Å²) in [6, 6.07) is 56.9. The smallest absolute Gasteiger partial charge is 0.333 e. The van der Waals surface area contributed by atoms with Crippen molar-refractivity contribution in [2.24, 2.45) is 0 Å². The summed E-state index contributed by atoms with van der Waals surface area (Å²) < 4.78 is 6.57. The predicted octanol–water partition coefficient (Wildman–Crippen LogP) is 14.4. The van der Waals surface area contributed by atoms with Gasteiger partial charge >= 0.3 is 6.85 Å². The molecule has 3 heterocycles. The molecule has 60 heavy (non-hydrogen) atoms. The van der Waals surface area contributed by atoms with E-state index >= 15 is 0 Å². The lowest BCUT2D eigenvalue weighted by atomic mass is 9.43. The number of nitrogens with zero attached hydrogens (tertiary/aromatic N) is 2. The maximum atomic E-state index is 6.57. The Kier molecular flexibility index (Phi) is 8.64. The highest BCUT2D eigenvalue weighted by Gasteiger charge is 2.47. The molecule has 0 N–H and O–H groups in total. The van der Waals surface area contributed by atoms with Crippen LogP contribution in [-0.2, 0) is 16.2 Å². The van der Waals surface area contributed by atoms with E-state index in [2.05, 4.69) is 224 Å². The Bertz CT molecular complexity index is 2870. The van der Waals surface area contributed by atoms with Gasteiger partial charge in [-0.25, -0.2) is 0 Å². The number of fused-ring (bicyclic) bond motifs is 6. The van der Waals surface area contributed by atoms with Crippen molar-refractivity contribution in [1.82, 2.24) is 0 Å². The number of benzene rings is 7. The molecule has 2 aliphatic heterocycles. The van der Waals surface area contributed by atoms with Gasteiger partial charge in [-0.15, -0.1) is 0 Å². The van der Waals surface area contributed by atoms with Crippen molar-refractivity contribution in [3.63, 3.8) is 0 Å². The van der Waals surface area contributed by atoms with E-state index in [9.17, 15) is 0 Å². The van der Waals surface area contributed by atoms with Crippen LogP contribution in [-0.4, -0.2) is 6.85 Å². The van der Waals surface area contributed by atoms with Gasteiger partial charge in [0.1, 0.15) is 5.58 Å². The molecular weight excluding hydrogens is 727 g/mol. The SMILES string of the molecule is CC(C)(C)c1ccc(N2B3c4ccc(C(C)(C)C)cc4N(c4cc(-c5ccccc5)cc(-c5ccccc5)c4)c4cc5ccoc5c(c43)-c3cc(C(C)(C)C)ccc32)cc1. The lowest BCUT2D eigenvalue weighted by Gasteiger charge is -2.46. The molecule has 0 saturated carbocycles. The molecule has 2 aliphatic rings. The first kappa shape index (κ1) is 38.0. The first-order chi connectivity index (χ1) is 28.6. The summed E-state index contributed by atoms with van der Waals surface area (Å²) in [5, 5.41) is 1.10. The largest absolute Gasteiger partial charge is 0.464 e. The Labute approximate surface area is 356 Å². The lowest BCUT2D eigenvalue weighted by Crippen LogP contribution is -2.61. The summed E-state index contributed by atoms with van der Waals surface area (Å²) in [6.07, 6.45) is 1.87. The Morgan fingerprint density at radius 3 is 1.62 bits per heavy atom. The zero-order chi connectivity index (χ0) is 41.7. The van der Waals surface area contributed by atoms with Crippen LogP contribution >= 0.6 is 0 Å². The molecule has 4 heteroatoms. The molecule has 3 nitrogen and oxygen atoms in total. The number of anilines is 5. The van der Waals surface area contributed by atoms with Gasteiger partial charge in [0.05, 0.1) is 6.26 Å². The quantitative estimate of drug-likeness (QED) is 0.166. The second kappa shape index (κ2) is 13.6. The molecule has 0 atom stereocenters. The van der Waals surface area contributed by atoms with Crippen LogP contribution in [0.25, 0.3) is 44.3 Å². The summed E-state index contributed by atoms with van der Waals surface area (Å²) in [7, 11) is 0. The molecule has 7 aromatic carbocycles. The first-order valence-corrected chi connectivity index (χ1v) is 21.4. The molecule has 0 fully saturated rings. The highest BCUT2D eigenvalue weighted by molar-refractivity contribution is 6.94. The van der Waals surface area contributed by atoms with Crippen LogP contribution in [0.3, 0.4) is 0 Å². The van der Waals surface area contributed by atoms with Crippen molar-refractivity contribution in [2.75, 3.05) is 9.71 Å². The van der Waals surface area contributed by atoms with Crippen molar-refractivity contribution in [2.45, 2.75) is 78.6 Å². The summed E-state index contributed by atoms with van der Waals surface area (Å²) in [6.45, 7) is 20.6. The zero-order valence-corrected chi connectivity index (χ0v) is 36.4. The Balaban J connectivity index is 1.33. The van der Waals surface area contributed by atoms with Crippen molar-refractivity contribution in [3.05, 3.63) is 175 Å². The highest BCUT2D eigenvalue weighted by atomic mass is 16.3. The van der Waals surface area contributed by atoms with E-state index in [1.807, 2.05) is 6.26 Å². The summed E-state index contributed by atoms with van der Waals surface area (Å²) in [4.78, 5) is 5.17. The van der Waals surface area contributed by atoms with Crippen molar-refractivity contribution < 1.29 is 4.42 Å². The van der Waals surface area contributed by atoms with Gasteiger partial charge in [0.25, 0.3) is 0 Å². The molecule has 10 rings (SSSR count). The lowest BCUT2D eigenvalue weighted by molar-refractivity contribution is 0.590. The van der Waals surface area contributed by atoms with Crippen LogP contribution in [0, 0.1) is 0 Å². The Hall–Kier alpha value is -6.26. The molecule has 1 aromatic heterocycles. The standard InChI is InChI=1S/C56H53BN2O/c1-54(2,3)41-20-24-44(25-21-41)59-48-27-23-42(55(4,5)6)34-46(48)51-52-50(33-38-28-29-60-53(38)51)58(49-35-43(56(7,8)9)22-26-47(49)57(52)59)45-31-39(36-16-12-10-13-17-36)30-40(32-45)37-18-14-11-15-19-37/h10-35H,1-9H3. The van der Waals surface area contributed by atoms with Gasteiger partial charge in [-0.05, 0) is 127 Å².